The van der Waals surface area contributed by atoms with E-state index >= 15 is 0 Å². The predicted molar refractivity (Wildman–Crippen MR) is 74.9 cm³/mol. The second-order valence-corrected chi connectivity index (χ2v) is 6.85. The van der Waals surface area contributed by atoms with Gasteiger partial charge in [-0.15, -0.1) is 0 Å². The molecule has 7 heteroatoms. The van der Waals surface area contributed by atoms with Gasteiger partial charge in [0, 0.05) is 11.7 Å². The summed E-state index contributed by atoms with van der Waals surface area (Å²) in [4.78, 5) is 23.0. The lowest BCUT2D eigenvalue weighted by Crippen LogP contribution is -2.35. The van der Waals surface area contributed by atoms with E-state index in [4.69, 9.17) is 0 Å². The topological polar surface area (TPSA) is 92.3 Å². The van der Waals surface area contributed by atoms with E-state index < -0.39 is 33.2 Å². The van der Waals surface area contributed by atoms with Gasteiger partial charge < -0.3 is 10.6 Å². The Morgan fingerprint density at radius 3 is 2.25 bits per heavy atom. The minimum absolute atomic E-state index is 0.107. The van der Waals surface area contributed by atoms with Crippen LogP contribution < -0.4 is 10.6 Å². The average Bonchev–Trinajstić information content (AvgIpc) is 3.11. The van der Waals surface area contributed by atoms with Crippen LogP contribution in [0.3, 0.4) is 0 Å². The van der Waals surface area contributed by atoms with E-state index in [9.17, 15) is 18.0 Å². The lowest BCUT2D eigenvalue weighted by Gasteiger charge is -2.06. The standard InChI is InChI=1S/C13H16N2O4S/c16-12(14-10-4-2-1-3-5-10)8-20(18,19)9-13(17)15-11-6-7-11/h1-5,11H,6-9H2,(H,14,16)(H,15,17). The highest BCUT2D eigenvalue weighted by atomic mass is 32.2. The lowest BCUT2D eigenvalue weighted by atomic mass is 10.3. The summed E-state index contributed by atoms with van der Waals surface area (Å²) in [5.41, 5.74) is 0.523. The second-order valence-electron chi connectivity index (χ2n) is 4.79. The van der Waals surface area contributed by atoms with E-state index in [2.05, 4.69) is 10.6 Å². The molecule has 6 nitrogen and oxygen atoms in total. The van der Waals surface area contributed by atoms with Crippen LogP contribution in [-0.2, 0) is 19.4 Å². The number of nitrogens with one attached hydrogen (secondary N) is 2. The molecule has 20 heavy (non-hydrogen) atoms. The van der Waals surface area contributed by atoms with E-state index in [0.717, 1.165) is 12.8 Å². The number of carbonyl (C=O) groups is 2. The summed E-state index contributed by atoms with van der Waals surface area (Å²) in [6.45, 7) is 0. The van der Waals surface area contributed by atoms with Crippen LogP contribution in [-0.4, -0.2) is 37.8 Å². The van der Waals surface area contributed by atoms with Gasteiger partial charge in [0.2, 0.25) is 11.8 Å². The fraction of sp³-hybridized carbons (Fsp3) is 0.385. The van der Waals surface area contributed by atoms with E-state index in [0.29, 0.717) is 5.69 Å². The van der Waals surface area contributed by atoms with Crippen LogP contribution >= 0.6 is 0 Å². The minimum Gasteiger partial charge on any atom is -0.352 e. The Hall–Kier alpha value is -1.89. The molecule has 0 radical (unpaired) electrons. The molecule has 2 N–H and O–H groups in total. The number of anilines is 1. The molecule has 0 aromatic heterocycles. The molecule has 0 atom stereocenters. The van der Waals surface area contributed by atoms with Gasteiger partial charge in [0.1, 0.15) is 11.5 Å². The zero-order chi connectivity index (χ0) is 14.6. The van der Waals surface area contributed by atoms with Crippen LogP contribution in [0.1, 0.15) is 12.8 Å². The smallest absolute Gasteiger partial charge is 0.239 e. The molecule has 0 bridgehead atoms. The molecule has 0 saturated heterocycles. The summed E-state index contributed by atoms with van der Waals surface area (Å²) in [5, 5.41) is 5.06. The van der Waals surface area contributed by atoms with Crippen LogP contribution in [0.5, 0.6) is 0 Å². The Bertz CT molecular complexity index is 594. The van der Waals surface area contributed by atoms with Crippen molar-refractivity contribution >= 4 is 27.3 Å². The second kappa shape index (κ2) is 6.04. The molecule has 1 fully saturated rings. The van der Waals surface area contributed by atoms with Crippen molar-refractivity contribution in [2.75, 3.05) is 16.8 Å². The zero-order valence-electron chi connectivity index (χ0n) is 10.8. The van der Waals surface area contributed by atoms with Gasteiger partial charge in [-0.25, -0.2) is 8.42 Å². The van der Waals surface area contributed by atoms with Gasteiger partial charge in [-0.05, 0) is 25.0 Å². The summed E-state index contributed by atoms with van der Waals surface area (Å²) in [6, 6.07) is 8.67. The first-order chi connectivity index (χ1) is 9.44. The molecule has 108 valence electrons. The van der Waals surface area contributed by atoms with Crippen LogP contribution in [0.15, 0.2) is 30.3 Å². The fourth-order valence-corrected chi connectivity index (χ4v) is 2.72. The molecule has 1 aliphatic rings. The number of hydrogen-bond acceptors (Lipinski definition) is 4. The normalized spacial score (nSPS) is 14.6. The monoisotopic (exact) mass is 296 g/mol. The summed E-state index contributed by atoms with van der Waals surface area (Å²) in [6.07, 6.45) is 1.78. The molecule has 1 saturated carbocycles. The largest absolute Gasteiger partial charge is 0.352 e. The number of para-hydroxylation sites is 1. The van der Waals surface area contributed by atoms with E-state index in [1.807, 2.05) is 0 Å². The number of benzene rings is 1. The Balaban J connectivity index is 1.83. The van der Waals surface area contributed by atoms with Crippen molar-refractivity contribution in [1.82, 2.24) is 5.32 Å². The minimum atomic E-state index is -3.74. The number of sulfone groups is 1. The third kappa shape index (κ3) is 5.00. The highest BCUT2D eigenvalue weighted by molar-refractivity contribution is 7.92. The third-order valence-corrected chi connectivity index (χ3v) is 4.11. The van der Waals surface area contributed by atoms with Gasteiger partial charge in [0.25, 0.3) is 0 Å². The molecule has 0 unspecified atom stereocenters. The molecular weight excluding hydrogens is 280 g/mol. The average molecular weight is 296 g/mol. The Morgan fingerprint density at radius 1 is 1.05 bits per heavy atom. The molecule has 0 spiro atoms. The summed E-state index contributed by atoms with van der Waals surface area (Å²) in [7, 11) is -3.74. The van der Waals surface area contributed by atoms with Crippen LogP contribution in [0.25, 0.3) is 0 Å². The van der Waals surface area contributed by atoms with Crippen molar-refractivity contribution in [2.24, 2.45) is 0 Å². The lowest BCUT2D eigenvalue weighted by molar-refractivity contribution is -0.118. The number of hydrogen-bond donors (Lipinski definition) is 2. The Morgan fingerprint density at radius 2 is 1.65 bits per heavy atom. The van der Waals surface area contributed by atoms with Crippen molar-refractivity contribution in [2.45, 2.75) is 18.9 Å². The molecule has 1 aromatic rings. The van der Waals surface area contributed by atoms with E-state index in [1.165, 1.54) is 0 Å². The highest BCUT2D eigenvalue weighted by Gasteiger charge is 2.26. The Labute approximate surface area is 117 Å². The van der Waals surface area contributed by atoms with Crippen molar-refractivity contribution in [3.05, 3.63) is 30.3 Å². The molecule has 0 aliphatic heterocycles. The molecule has 0 heterocycles. The van der Waals surface area contributed by atoms with E-state index in [1.54, 1.807) is 30.3 Å². The number of carbonyl (C=O) groups excluding carboxylic acids is 2. The van der Waals surface area contributed by atoms with Crippen molar-refractivity contribution in [3.63, 3.8) is 0 Å². The van der Waals surface area contributed by atoms with Crippen LogP contribution in [0, 0.1) is 0 Å². The van der Waals surface area contributed by atoms with Crippen LogP contribution in [0.2, 0.25) is 0 Å². The van der Waals surface area contributed by atoms with Gasteiger partial charge in [-0.2, -0.15) is 0 Å². The Kier molecular flexibility index (Phi) is 4.39. The number of rotatable bonds is 6. The molecular formula is C13H16N2O4S. The van der Waals surface area contributed by atoms with Gasteiger partial charge in [0.05, 0.1) is 0 Å². The highest BCUT2D eigenvalue weighted by Crippen LogP contribution is 2.18. The quantitative estimate of drug-likeness (QED) is 0.790. The van der Waals surface area contributed by atoms with Gasteiger partial charge in [-0.1, -0.05) is 18.2 Å². The van der Waals surface area contributed by atoms with E-state index in [-0.39, 0.29) is 6.04 Å². The van der Waals surface area contributed by atoms with Gasteiger partial charge in [0.15, 0.2) is 9.84 Å². The van der Waals surface area contributed by atoms with Crippen LogP contribution in [0.4, 0.5) is 5.69 Å². The molecule has 1 aliphatic carbocycles. The summed E-state index contributed by atoms with van der Waals surface area (Å²) >= 11 is 0. The first-order valence-electron chi connectivity index (χ1n) is 6.29. The van der Waals surface area contributed by atoms with Gasteiger partial charge in [-0.3, -0.25) is 9.59 Å². The molecule has 2 amide bonds. The summed E-state index contributed by atoms with van der Waals surface area (Å²) in [5.74, 6) is -2.53. The summed E-state index contributed by atoms with van der Waals surface area (Å²) < 4.78 is 23.4. The predicted octanol–water partition coefficient (Wildman–Crippen LogP) is 0.318. The van der Waals surface area contributed by atoms with Crippen molar-refractivity contribution in [1.29, 1.82) is 0 Å². The SMILES string of the molecule is O=C(CS(=O)(=O)CC(=O)NC1CC1)Nc1ccccc1. The zero-order valence-corrected chi connectivity index (χ0v) is 11.7. The van der Waals surface area contributed by atoms with Crippen molar-refractivity contribution < 1.29 is 18.0 Å². The maximum atomic E-state index is 11.7. The van der Waals surface area contributed by atoms with Crippen molar-refractivity contribution in [3.8, 4) is 0 Å². The maximum Gasteiger partial charge on any atom is 0.239 e. The molecule has 2 rings (SSSR count). The maximum absolute atomic E-state index is 11.7. The van der Waals surface area contributed by atoms with Gasteiger partial charge >= 0.3 is 0 Å². The first kappa shape index (κ1) is 14.5. The molecule has 1 aromatic carbocycles. The fourth-order valence-electron chi connectivity index (χ4n) is 1.67. The first-order valence-corrected chi connectivity index (χ1v) is 8.11. The third-order valence-electron chi connectivity index (χ3n) is 2.70. The number of amides is 2.